The van der Waals surface area contributed by atoms with Gasteiger partial charge in [0.15, 0.2) is 11.6 Å². The lowest BCUT2D eigenvalue weighted by atomic mass is 10.1. The number of primary amides is 1. The van der Waals surface area contributed by atoms with Gasteiger partial charge in [0.1, 0.15) is 0 Å². The Balaban J connectivity index is 1.29. The van der Waals surface area contributed by atoms with Crippen LogP contribution in [0.5, 0.6) is 0 Å². The van der Waals surface area contributed by atoms with Gasteiger partial charge >= 0.3 is 0 Å². The number of anilines is 1. The van der Waals surface area contributed by atoms with Crippen molar-refractivity contribution in [1.29, 1.82) is 0 Å². The average molecular weight is 685 g/mol. The lowest BCUT2D eigenvalue weighted by molar-refractivity contribution is -0.118. The molecule has 2 unspecified atom stereocenters. The number of ether oxygens (including phenoxy) is 1. The Bertz CT molecular complexity index is 1830. The van der Waals surface area contributed by atoms with Crippen LogP contribution in [0.3, 0.4) is 0 Å². The van der Waals surface area contributed by atoms with Crippen LogP contribution in [-0.2, 0) is 32.3 Å². The van der Waals surface area contributed by atoms with E-state index in [-0.39, 0.29) is 11.1 Å². The van der Waals surface area contributed by atoms with Gasteiger partial charge in [0, 0.05) is 90.6 Å². The van der Waals surface area contributed by atoms with E-state index in [1.54, 1.807) is 17.6 Å². The molecule has 2 fully saturated rings. The van der Waals surface area contributed by atoms with E-state index in [1.165, 1.54) is 4.88 Å². The molecule has 0 radical (unpaired) electrons. The minimum absolute atomic E-state index is 0.117. The average Bonchev–Trinajstić information content (AvgIpc) is 3.62. The molecule has 5 heterocycles. The van der Waals surface area contributed by atoms with Crippen LogP contribution in [-0.4, -0.2) is 122 Å². The fourth-order valence-corrected chi connectivity index (χ4v) is 9.84. The van der Waals surface area contributed by atoms with Crippen molar-refractivity contribution < 1.29 is 13.7 Å². The molecule has 2 atom stereocenters. The van der Waals surface area contributed by atoms with Crippen molar-refractivity contribution in [3.05, 3.63) is 35.3 Å². The van der Waals surface area contributed by atoms with Crippen molar-refractivity contribution in [2.45, 2.75) is 38.5 Å². The van der Waals surface area contributed by atoms with Gasteiger partial charge in [-0.05, 0) is 36.0 Å². The van der Waals surface area contributed by atoms with E-state index in [9.17, 15) is 9.00 Å². The minimum atomic E-state index is -2.17. The number of nitrogens with zero attached hydrogens (tertiary/aromatic N) is 7. The first kappa shape index (κ1) is 33.2. The van der Waals surface area contributed by atoms with E-state index in [2.05, 4.69) is 65.1 Å². The number of piperazine rings is 1. The van der Waals surface area contributed by atoms with E-state index in [0.29, 0.717) is 25.5 Å². The quantitative estimate of drug-likeness (QED) is 0.188. The number of carbonyl (C=O) groups excluding carboxylic acids is 1. The fraction of sp³-hybridized carbons (Fsp3) is 0.531. The molecule has 11 nitrogen and oxygen atoms in total. The van der Waals surface area contributed by atoms with E-state index in [1.807, 2.05) is 10.5 Å². The summed E-state index contributed by atoms with van der Waals surface area (Å²) in [5.74, 6) is 5.28. The first-order valence-corrected chi connectivity index (χ1v) is 20.6. The topological polar surface area (TPSA) is 123 Å². The van der Waals surface area contributed by atoms with Crippen LogP contribution in [0.2, 0.25) is 0 Å². The summed E-state index contributed by atoms with van der Waals surface area (Å²) in [5, 5.41) is 5.69. The highest BCUT2D eigenvalue weighted by Crippen LogP contribution is 2.48. The fourth-order valence-electron chi connectivity index (χ4n) is 6.23. The van der Waals surface area contributed by atoms with Gasteiger partial charge in [0.2, 0.25) is 5.91 Å². The zero-order valence-electron chi connectivity index (χ0n) is 27.3. The number of morpholine rings is 1. The Morgan fingerprint density at radius 2 is 1.89 bits per heavy atom. The molecule has 14 heteroatoms. The summed E-state index contributed by atoms with van der Waals surface area (Å²) in [4.78, 5) is 28.0. The van der Waals surface area contributed by atoms with Crippen LogP contribution in [0.25, 0.3) is 32.5 Å². The van der Waals surface area contributed by atoms with E-state index in [0.717, 1.165) is 91.0 Å². The van der Waals surface area contributed by atoms with E-state index >= 15 is 0 Å². The van der Waals surface area contributed by atoms with E-state index < -0.39 is 17.6 Å². The summed E-state index contributed by atoms with van der Waals surface area (Å²) >= 11 is 1.77. The molecule has 0 spiro atoms. The summed E-state index contributed by atoms with van der Waals surface area (Å²) in [6.07, 6.45) is 4.99. The summed E-state index contributed by atoms with van der Waals surface area (Å²) < 4.78 is 23.3. The maximum atomic E-state index is 12.4. The Labute approximate surface area is 277 Å². The number of aryl methyl sites for hydroxylation is 1. The Hall–Kier alpha value is -2.67. The molecule has 0 aliphatic carbocycles. The first-order valence-electron chi connectivity index (χ1n) is 15.8. The SMILES string of the molecule is C=S(C)(=O)N1CCN(Cc2cc3nc(-c4cccc5c4cnn5CCP(C)C(C)(C)CC(N)=O)nc(N4CCOCC4)c3s2)CC1. The molecule has 2 aliphatic heterocycles. The third-order valence-corrected chi connectivity index (χ3v) is 14.8. The number of nitrogens with two attached hydrogens (primary N) is 1. The monoisotopic (exact) mass is 684 g/mol. The molecule has 2 aliphatic rings. The number of hydrogen-bond donors (Lipinski definition) is 1. The summed E-state index contributed by atoms with van der Waals surface area (Å²) in [5.41, 5.74) is 8.50. The van der Waals surface area contributed by atoms with Crippen molar-refractivity contribution in [1.82, 2.24) is 29.0 Å². The van der Waals surface area contributed by atoms with Crippen molar-refractivity contribution in [2.24, 2.45) is 5.73 Å². The molecule has 1 aromatic carbocycles. The zero-order chi connectivity index (χ0) is 32.6. The van der Waals surface area contributed by atoms with Crippen molar-refractivity contribution in [3.8, 4) is 11.4 Å². The van der Waals surface area contributed by atoms with Gasteiger partial charge in [-0.3, -0.25) is 18.6 Å². The van der Waals surface area contributed by atoms with Crippen LogP contribution < -0.4 is 10.6 Å². The number of thiophene rings is 1. The highest BCUT2D eigenvalue weighted by atomic mass is 32.2. The molecule has 2 N–H and O–H groups in total. The smallest absolute Gasteiger partial charge is 0.218 e. The molecular formula is C32H45N8O3PS2. The molecule has 1 amide bonds. The molecule has 6 rings (SSSR count). The van der Waals surface area contributed by atoms with Crippen molar-refractivity contribution in [3.63, 3.8) is 0 Å². The predicted molar refractivity (Wildman–Crippen MR) is 193 cm³/mol. The van der Waals surface area contributed by atoms with Gasteiger partial charge in [-0.25, -0.2) is 14.3 Å². The third kappa shape index (κ3) is 7.24. The van der Waals surface area contributed by atoms with Gasteiger partial charge < -0.3 is 15.4 Å². The number of hydrogen-bond acceptors (Lipinski definition) is 9. The second-order valence-corrected chi connectivity index (χ2v) is 19.7. The summed E-state index contributed by atoms with van der Waals surface area (Å²) in [7, 11) is -2.60. The number of amides is 1. The highest BCUT2D eigenvalue weighted by molar-refractivity contribution is 7.97. The number of aromatic nitrogens is 4. The third-order valence-electron chi connectivity index (χ3n) is 9.19. The van der Waals surface area contributed by atoms with Crippen LogP contribution in [0, 0.1) is 0 Å². The summed E-state index contributed by atoms with van der Waals surface area (Å²) in [6, 6.07) is 8.46. The lowest BCUT2D eigenvalue weighted by Gasteiger charge is -2.34. The predicted octanol–water partition coefficient (Wildman–Crippen LogP) is 3.69. The maximum Gasteiger partial charge on any atom is 0.218 e. The number of benzene rings is 1. The van der Waals surface area contributed by atoms with E-state index in [4.69, 9.17) is 25.5 Å². The maximum absolute atomic E-state index is 12.4. The van der Waals surface area contributed by atoms with Gasteiger partial charge in [-0.15, -0.1) is 19.3 Å². The van der Waals surface area contributed by atoms with Gasteiger partial charge in [-0.1, -0.05) is 26.0 Å². The molecule has 0 saturated carbocycles. The van der Waals surface area contributed by atoms with Crippen LogP contribution in [0.1, 0.15) is 25.1 Å². The van der Waals surface area contributed by atoms with Gasteiger partial charge in [-0.2, -0.15) is 5.10 Å². The standard InChI is InChI=1S/C32H45N8O3PS2/c1-32(2,20-28(33)41)44(3)18-15-40-27-8-6-7-24(25(27)21-34-40)30-35-26-19-23(22-37-9-11-39(12-10-37)46(4,5)42)45-29(26)31(36-30)38-13-16-43-17-14-38/h6-8,19,21H,4,9-18,20,22H2,1-3,5H3,(H2,33,41). The zero-order valence-corrected chi connectivity index (χ0v) is 29.8. The second-order valence-electron chi connectivity index (χ2n) is 13.0. The Morgan fingerprint density at radius 1 is 1.15 bits per heavy atom. The minimum Gasteiger partial charge on any atom is -0.378 e. The molecular weight excluding hydrogens is 640 g/mol. The van der Waals surface area contributed by atoms with Crippen LogP contribution in [0.15, 0.2) is 30.5 Å². The Kier molecular flexibility index (Phi) is 9.72. The normalized spacial score (nSPS) is 19.1. The molecule has 4 aromatic rings. The largest absolute Gasteiger partial charge is 0.378 e. The number of fused-ring (bicyclic) bond motifs is 2. The van der Waals surface area contributed by atoms with Crippen LogP contribution >= 0.6 is 19.3 Å². The number of carbonyl (C=O) groups is 1. The van der Waals surface area contributed by atoms with Gasteiger partial charge in [0.05, 0.1) is 35.1 Å². The highest BCUT2D eigenvalue weighted by Gasteiger charge is 2.28. The van der Waals surface area contributed by atoms with Crippen molar-refractivity contribution in [2.75, 3.05) is 76.5 Å². The molecule has 46 heavy (non-hydrogen) atoms. The molecule has 248 valence electrons. The molecule has 0 bridgehead atoms. The Morgan fingerprint density at radius 3 is 2.59 bits per heavy atom. The van der Waals surface area contributed by atoms with Crippen molar-refractivity contribution >= 4 is 67.7 Å². The van der Waals surface area contributed by atoms with Crippen LogP contribution in [0.4, 0.5) is 5.82 Å². The summed E-state index contributed by atoms with van der Waals surface area (Å²) in [6.45, 7) is 14.3. The molecule has 3 aromatic heterocycles. The number of rotatable bonds is 11. The second kappa shape index (κ2) is 13.4. The molecule has 2 saturated heterocycles. The van der Waals surface area contributed by atoms with Gasteiger partial charge in [0.25, 0.3) is 0 Å². The lowest BCUT2D eigenvalue weighted by Crippen LogP contribution is -2.47. The first-order chi connectivity index (χ1) is 21.9.